The number of rotatable bonds is 7. The van der Waals surface area contributed by atoms with Crippen molar-refractivity contribution < 1.29 is 19.1 Å². The Kier molecular flexibility index (Phi) is 6.89. The minimum atomic E-state index is -0.558. The molecule has 0 saturated carbocycles. The lowest BCUT2D eigenvalue weighted by atomic mass is 9.89. The topological polar surface area (TPSA) is 81.9 Å². The van der Waals surface area contributed by atoms with Crippen molar-refractivity contribution in [2.45, 2.75) is 18.8 Å². The third kappa shape index (κ3) is 5.60. The van der Waals surface area contributed by atoms with Crippen molar-refractivity contribution in [2.24, 2.45) is 5.73 Å². The molecule has 1 saturated heterocycles. The molecular formula is C23H26N2O4. The lowest BCUT2D eigenvalue weighted by Crippen LogP contribution is -2.36. The Bertz CT molecular complexity index is 872. The zero-order valence-electron chi connectivity index (χ0n) is 16.5. The number of hydrogen-bond donors (Lipinski definition) is 1. The molecule has 0 bridgehead atoms. The van der Waals surface area contributed by atoms with Crippen LogP contribution in [0.5, 0.6) is 11.5 Å². The molecule has 152 valence electrons. The number of nitrogens with zero attached hydrogens (tertiary/aromatic N) is 1. The molecule has 0 unspecified atom stereocenters. The van der Waals surface area contributed by atoms with E-state index in [4.69, 9.17) is 15.2 Å². The highest BCUT2D eigenvalue weighted by Gasteiger charge is 2.22. The summed E-state index contributed by atoms with van der Waals surface area (Å²) in [5, 5.41) is 0. The zero-order valence-corrected chi connectivity index (χ0v) is 16.5. The first-order valence-electron chi connectivity index (χ1n) is 9.68. The Balaban J connectivity index is 1.57. The van der Waals surface area contributed by atoms with Gasteiger partial charge in [0, 0.05) is 19.2 Å². The molecule has 1 aliphatic heterocycles. The lowest BCUT2D eigenvalue weighted by Gasteiger charge is -2.31. The summed E-state index contributed by atoms with van der Waals surface area (Å²) >= 11 is 0. The van der Waals surface area contributed by atoms with Crippen LogP contribution in [0.1, 0.15) is 29.9 Å². The number of hydrogen-bond acceptors (Lipinski definition) is 4. The van der Waals surface area contributed by atoms with Crippen LogP contribution in [0.4, 0.5) is 0 Å². The van der Waals surface area contributed by atoms with Gasteiger partial charge in [-0.3, -0.25) is 9.59 Å². The van der Waals surface area contributed by atoms with Crippen molar-refractivity contribution in [1.82, 2.24) is 4.90 Å². The van der Waals surface area contributed by atoms with Gasteiger partial charge in [0.25, 0.3) is 5.91 Å². The van der Waals surface area contributed by atoms with Crippen LogP contribution >= 0.6 is 0 Å². The maximum atomic E-state index is 12.5. The number of carbonyl (C=O) groups is 2. The van der Waals surface area contributed by atoms with E-state index >= 15 is 0 Å². The van der Waals surface area contributed by atoms with E-state index in [9.17, 15) is 9.59 Å². The van der Waals surface area contributed by atoms with E-state index < -0.39 is 5.91 Å². The molecule has 0 aromatic heterocycles. The molecule has 0 aliphatic carbocycles. The number of benzene rings is 2. The van der Waals surface area contributed by atoms with Crippen LogP contribution < -0.4 is 15.2 Å². The maximum absolute atomic E-state index is 12.5. The van der Waals surface area contributed by atoms with Gasteiger partial charge in [0.05, 0.1) is 7.11 Å². The van der Waals surface area contributed by atoms with Crippen LogP contribution in [0.3, 0.4) is 0 Å². The van der Waals surface area contributed by atoms with Crippen LogP contribution in [0.15, 0.2) is 54.6 Å². The summed E-state index contributed by atoms with van der Waals surface area (Å²) in [5.41, 5.74) is 7.25. The van der Waals surface area contributed by atoms with Crippen molar-refractivity contribution in [3.8, 4) is 11.5 Å². The number of nitrogens with two attached hydrogens (primary N) is 1. The fourth-order valence-corrected chi connectivity index (χ4v) is 3.49. The molecule has 29 heavy (non-hydrogen) atoms. The Morgan fingerprint density at radius 3 is 2.48 bits per heavy atom. The van der Waals surface area contributed by atoms with Crippen LogP contribution in [-0.2, 0) is 9.59 Å². The van der Waals surface area contributed by atoms with Gasteiger partial charge >= 0.3 is 0 Å². The van der Waals surface area contributed by atoms with Gasteiger partial charge in [0.2, 0.25) is 5.91 Å². The number of amides is 2. The fourth-order valence-electron chi connectivity index (χ4n) is 3.49. The van der Waals surface area contributed by atoms with Gasteiger partial charge in [-0.2, -0.15) is 0 Å². The van der Waals surface area contributed by atoms with Gasteiger partial charge < -0.3 is 20.1 Å². The molecule has 3 rings (SSSR count). The summed E-state index contributed by atoms with van der Waals surface area (Å²) in [5.74, 6) is 0.867. The minimum Gasteiger partial charge on any atom is -0.493 e. The first-order valence-corrected chi connectivity index (χ1v) is 9.68. The number of primary amides is 1. The van der Waals surface area contributed by atoms with Gasteiger partial charge in [-0.05, 0) is 48.1 Å². The SMILES string of the molecule is COc1cc(/C=C/C(=O)N2CCC(c3ccccc3)CC2)ccc1OCC(N)=O. The zero-order chi connectivity index (χ0) is 20.6. The second-order valence-corrected chi connectivity index (χ2v) is 7.01. The fraction of sp³-hybridized carbons (Fsp3) is 0.304. The van der Waals surface area contributed by atoms with Crippen molar-refractivity contribution in [2.75, 3.05) is 26.8 Å². The van der Waals surface area contributed by atoms with E-state index in [-0.39, 0.29) is 12.5 Å². The second kappa shape index (κ2) is 9.78. The quantitative estimate of drug-likeness (QED) is 0.732. The summed E-state index contributed by atoms with van der Waals surface area (Å²) in [6, 6.07) is 15.7. The van der Waals surface area contributed by atoms with E-state index in [1.54, 1.807) is 30.4 Å². The molecule has 2 N–H and O–H groups in total. The number of carbonyl (C=O) groups excluding carboxylic acids is 2. The standard InChI is InChI=1S/C23H26N2O4/c1-28-21-15-17(7-9-20(21)29-16-22(24)26)8-10-23(27)25-13-11-19(12-14-25)18-5-3-2-4-6-18/h2-10,15,19H,11-14,16H2,1H3,(H2,24,26)/b10-8+. The highest BCUT2D eigenvalue weighted by Crippen LogP contribution is 2.29. The largest absolute Gasteiger partial charge is 0.493 e. The normalized spacial score (nSPS) is 14.7. The number of ether oxygens (including phenoxy) is 2. The third-order valence-electron chi connectivity index (χ3n) is 5.05. The van der Waals surface area contributed by atoms with E-state index in [0.29, 0.717) is 17.4 Å². The summed E-state index contributed by atoms with van der Waals surface area (Å²) in [7, 11) is 1.52. The summed E-state index contributed by atoms with van der Waals surface area (Å²) in [4.78, 5) is 25.3. The second-order valence-electron chi connectivity index (χ2n) is 7.01. The Hall–Kier alpha value is -3.28. The van der Waals surface area contributed by atoms with Crippen molar-refractivity contribution >= 4 is 17.9 Å². The van der Waals surface area contributed by atoms with Gasteiger partial charge in [0.15, 0.2) is 18.1 Å². The predicted molar refractivity (Wildman–Crippen MR) is 112 cm³/mol. The summed E-state index contributed by atoms with van der Waals surface area (Å²) < 4.78 is 10.6. The molecule has 2 aromatic rings. The number of likely N-dealkylation sites (tertiary alicyclic amines) is 1. The lowest BCUT2D eigenvalue weighted by molar-refractivity contribution is -0.127. The highest BCUT2D eigenvalue weighted by atomic mass is 16.5. The van der Waals surface area contributed by atoms with Gasteiger partial charge in [-0.15, -0.1) is 0 Å². The summed E-state index contributed by atoms with van der Waals surface area (Å²) in [6.07, 6.45) is 5.29. The Labute approximate surface area is 170 Å². The molecule has 0 atom stereocenters. The first kappa shape index (κ1) is 20.5. The van der Waals surface area contributed by atoms with Crippen LogP contribution in [0, 0.1) is 0 Å². The van der Waals surface area contributed by atoms with Gasteiger partial charge in [-0.25, -0.2) is 0 Å². The number of piperidine rings is 1. The average molecular weight is 394 g/mol. The number of methoxy groups -OCH3 is 1. The molecule has 0 spiro atoms. The minimum absolute atomic E-state index is 0.00420. The van der Waals surface area contributed by atoms with Crippen LogP contribution in [-0.4, -0.2) is 43.5 Å². The predicted octanol–water partition coefficient (Wildman–Crippen LogP) is 2.98. The van der Waals surface area contributed by atoms with E-state index in [1.807, 2.05) is 11.0 Å². The van der Waals surface area contributed by atoms with Crippen LogP contribution in [0.25, 0.3) is 6.08 Å². The van der Waals surface area contributed by atoms with Gasteiger partial charge in [-0.1, -0.05) is 36.4 Å². The van der Waals surface area contributed by atoms with Crippen LogP contribution in [0.2, 0.25) is 0 Å². The van der Waals surface area contributed by atoms with Crippen molar-refractivity contribution in [1.29, 1.82) is 0 Å². The molecule has 6 heteroatoms. The monoisotopic (exact) mass is 394 g/mol. The smallest absolute Gasteiger partial charge is 0.255 e. The Morgan fingerprint density at radius 2 is 1.83 bits per heavy atom. The van der Waals surface area contributed by atoms with E-state index in [1.165, 1.54) is 12.7 Å². The van der Waals surface area contributed by atoms with Crippen molar-refractivity contribution in [3.05, 3.63) is 65.7 Å². The maximum Gasteiger partial charge on any atom is 0.255 e. The molecule has 6 nitrogen and oxygen atoms in total. The first-order chi connectivity index (χ1) is 14.1. The average Bonchev–Trinajstić information content (AvgIpc) is 2.77. The van der Waals surface area contributed by atoms with E-state index in [0.717, 1.165) is 31.5 Å². The van der Waals surface area contributed by atoms with Gasteiger partial charge in [0.1, 0.15) is 0 Å². The molecule has 1 heterocycles. The van der Waals surface area contributed by atoms with Crippen molar-refractivity contribution in [3.63, 3.8) is 0 Å². The highest BCUT2D eigenvalue weighted by molar-refractivity contribution is 5.92. The molecule has 1 fully saturated rings. The Morgan fingerprint density at radius 1 is 1.10 bits per heavy atom. The third-order valence-corrected chi connectivity index (χ3v) is 5.05. The molecule has 0 radical (unpaired) electrons. The molecule has 2 amide bonds. The molecular weight excluding hydrogens is 368 g/mol. The summed E-state index contributed by atoms with van der Waals surface area (Å²) in [6.45, 7) is 1.29. The molecule has 1 aliphatic rings. The molecule has 2 aromatic carbocycles. The van der Waals surface area contributed by atoms with E-state index in [2.05, 4.69) is 24.3 Å².